The van der Waals surface area contributed by atoms with Crippen molar-refractivity contribution >= 4 is 23.1 Å². The average molecular weight is 420 g/mol. The van der Waals surface area contributed by atoms with E-state index in [1.54, 1.807) is 30.7 Å². The normalized spacial score (nSPS) is 14.9. The van der Waals surface area contributed by atoms with Crippen molar-refractivity contribution in [2.45, 2.75) is 25.7 Å². The maximum Gasteiger partial charge on any atom is 0.238 e. The third-order valence-electron chi connectivity index (χ3n) is 5.31. The van der Waals surface area contributed by atoms with Gasteiger partial charge in [-0.2, -0.15) is 0 Å². The maximum absolute atomic E-state index is 13.0. The van der Waals surface area contributed by atoms with Crippen molar-refractivity contribution in [3.05, 3.63) is 72.2 Å². The van der Waals surface area contributed by atoms with Crippen molar-refractivity contribution in [3.63, 3.8) is 0 Å². The van der Waals surface area contributed by atoms with E-state index in [2.05, 4.69) is 31.6 Å². The zero-order chi connectivity index (χ0) is 21.6. The fourth-order valence-corrected chi connectivity index (χ4v) is 3.81. The highest BCUT2D eigenvalue weighted by Crippen LogP contribution is 2.29. The summed E-state index contributed by atoms with van der Waals surface area (Å²) < 4.78 is 13.0. The van der Waals surface area contributed by atoms with Gasteiger partial charge in [0.25, 0.3) is 0 Å². The molecule has 0 bridgehead atoms. The molecule has 31 heavy (non-hydrogen) atoms. The number of nitrogens with one attached hydrogen (secondary N) is 2. The number of carbonyl (C=O) groups is 1. The van der Waals surface area contributed by atoms with Crippen LogP contribution in [0.3, 0.4) is 0 Å². The number of amides is 1. The minimum Gasteiger partial charge on any atom is -0.339 e. The molecule has 3 heterocycles. The molecule has 0 aliphatic carbocycles. The van der Waals surface area contributed by atoms with E-state index in [1.807, 2.05) is 13.0 Å². The Balaban J connectivity index is 1.32. The molecule has 8 heteroatoms. The molecule has 3 aromatic rings. The molecule has 2 aromatic heterocycles. The Labute approximate surface area is 180 Å². The first-order valence-electron chi connectivity index (χ1n) is 10.3. The van der Waals surface area contributed by atoms with Crippen molar-refractivity contribution in [1.29, 1.82) is 0 Å². The molecule has 1 aromatic carbocycles. The highest BCUT2D eigenvalue weighted by Gasteiger charge is 2.23. The van der Waals surface area contributed by atoms with Crippen LogP contribution < -0.4 is 10.6 Å². The Hall–Kier alpha value is -3.39. The molecule has 160 valence electrons. The molecule has 1 aliphatic rings. The number of aromatic nitrogens is 3. The lowest BCUT2D eigenvalue weighted by atomic mass is 9.92. The molecule has 7 nitrogen and oxygen atoms in total. The number of rotatable bonds is 6. The predicted molar refractivity (Wildman–Crippen MR) is 118 cm³/mol. The summed E-state index contributed by atoms with van der Waals surface area (Å²) in [4.78, 5) is 27.5. The SMILES string of the molecule is Cc1cc(Nc2cnccn2)cc(C2CCN(CC(=O)Nc3ccc(F)cc3)CC2)n1. The van der Waals surface area contributed by atoms with Crippen molar-refractivity contribution in [2.24, 2.45) is 0 Å². The monoisotopic (exact) mass is 420 g/mol. The molecular formula is C23H25FN6O. The molecule has 0 saturated carbocycles. The highest BCUT2D eigenvalue weighted by molar-refractivity contribution is 5.92. The second-order valence-corrected chi connectivity index (χ2v) is 7.74. The standard InChI is InChI=1S/C23H25FN6O/c1-16-12-20(28-22-14-25-8-9-26-22)13-21(27-16)17-6-10-30(11-7-17)15-23(31)29-19-4-2-18(24)3-5-19/h2-5,8-9,12-14,17H,6-7,10-11,15H2,1H3,(H,29,31)(H,26,27,28). The molecule has 0 unspecified atom stereocenters. The molecule has 0 atom stereocenters. The summed E-state index contributed by atoms with van der Waals surface area (Å²) in [5.41, 5.74) is 3.56. The summed E-state index contributed by atoms with van der Waals surface area (Å²) in [7, 11) is 0. The van der Waals surface area contributed by atoms with Crippen LogP contribution in [0.15, 0.2) is 55.0 Å². The second-order valence-electron chi connectivity index (χ2n) is 7.74. The van der Waals surface area contributed by atoms with Crippen molar-refractivity contribution in [1.82, 2.24) is 19.9 Å². The van der Waals surface area contributed by atoms with Gasteiger partial charge in [-0.1, -0.05) is 0 Å². The number of hydrogen-bond acceptors (Lipinski definition) is 6. The molecule has 1 amide bonds. The Morgan fingerprint density at radius 2 is 1.90 bits per heavy atom. The highest BCUT2D eigenvalue weighted by atomic mass is 19.1. The van der Waals surface area contributed by atoms with Crippen LogP contribution >= 0.6 is 0 Å². The van der Waals surface area contributed by atoms with Crippen LogP contribution in [0, 0.1) is 12.7 Å². The van der Waals surface area contributed by atoms with Gasteiger partial charge in [0.2, 0.25) is 5.91 Å². The average Bonchev–Trinajstić information content (AvgIpc) is 2.76. The Bertz CT molecular complexity index is 1020. The first-order valence-corrected chi connectivity index (χ1v) is 10.3. The number of aryl methyl sites for hydroxylation is 1. The van der Waals surface area contributed by atoms with E-state index in [1.165, 1.54) is 12.1 Å². The van der Waals surface area contributed by atoms with E-state index in [0.717, 1.165) is 43.0 Å². The number of anilines is 3. The number of halogens is 1. The summed E-state index contributed by atoms with van der Waals surface area (Å²) in [5.74, 6) is 0.633. The molecule has 4 rings (SSSR count). The summed E-state index contributed by atoms with van der Waals surface area (Å²) in [6, 6.07) is 9.87. The van der Waals surface area contributed by atoms with Crippen LogP contribution in [-0.4, -0.2) is 45.4 Å². The molecule has 2 N–H and O–H groups in total. The smallest absolute Gasteiger partial charge is 0.238 e. The molecule has 1 saturated heterocycles. The maximum atomic E-state index is 13.0. The molecular weight excluding hydrogens is 395 g/mol. The second kappa shape index (κ2) is 9.61. The van der Waals surface area contributed by atoms with Crippen molar-refractivity contribution < 1.29 is 9.18 Å². The quantitative estimate of drug-likeness (QED) is 0.630. The Morgan fingerprint density at radius 3 is 2.61 bits per heavy atom. The van der Waals surface area contributed by atoms with Gasteiger partial charge < -0.3 is 10.6 Å². The first-order chi connectivity index (χ1) is 15.0. The Kier molecular flexibility index (Phi) is 6.47. The van der Waals surface area contributed by atoms with E-state index in [-0.39, 0.29) is 11.7 Å². The van der Waals surface area contributed by atoms with Gasteiger partial charge in [-0.05, 0) is 69.3 Å². The summed E-state index contributed by atoms with van der Waals surface area (Å²) in [6.07, 6.45) is 6.85. The number of piperidine rings is 1. The van der Waals surface area contributed by atoms with Crippen LogP contribution in [0.4, 0.5) is 21.6 Å². The minimum absolute atomic E-state index is 0.0887. The van der Waals surface area contributed by atoms with Gasteiger partial charge in [0.15, 0.2) is 0 Å². The van der Waals surface area contributed by atoms with Crippen LogP contribution in [0.5, 0.6) is 0 Å². The van der Waals surface area contributed by atoms with Crippen LogP contribution in [0.25, 0.3) is 0 Å². The lowest BCUT2D eigenvalue weighted by Gasteiger charge is -2.31. The predicted octanol–water partition coefficient (Wildman–Crippen LogP) is 3.88. The number of hydrogen-bond donors (Lipinski definition) is 2. The van der Waals surface area contributed by atoms with Gasteiger partial charge in [0.05, 0.1) is 12.7 Å². The van der Waals surface area contributed by atoms with Crippen LogP contribution in [0.1, 0.15) is 30.1 Å². The lowest BCUT2D eigenvalue weighted by Crippen LogP contribution is -2.38. The third-order valence-corrected chi connectivity index (χ3v) is 5.31. The summed E-state index contributed by atoms with van der Waals surface area (Å²) >= 11 is 0. The fourth-order valence-electron chi connectivity index (χ4n) is 3.81. The summed E-state index contributed by atoms with van der Waals surface area (Å²) in [6.45, 7) is 3.96. The zero-order valence-corrected chi connectivity index (χ0v) is 17.4. The molecule has 0 radical (unpaired) electrons. The largest absolute Gasteiger partial charge is 0.339 e. The van der Waals surface area contributed by atoms with E-state index in [9.17, 15) is 9.18 Å². The Morgan fingerprint density at radius 1 is 1.13 bits per heavy atom. The van der Waals surface area contributed by atoms with Crippen LogP contribution in [0.2, 0.25) is 0 Å². The number of pyridine rings is 1. The zero-order valence-electron chi connectivity index (χ0n) is 17.4. The van der Waals surface area contributed by atoms with E-state index in [4.69, 9.17) is 4.98 Å². The van der Waals surface area contributed by atoms with Gasteiger partial charge in [0.1, 0.15) is 11.6 Å². The molecule has 0 spiro atoms. The van der Waals surface area contributed by atoms with E-state index < -0.39 is 0 Å². The number of benzene rings is 1. The lowest BCUT2D eigenvalue weighted by molar-refractivity contribution is -0.117. The number of likely N-dealkylation sites (tertiary alicyclic amines) is 1. The minimum atomic E-state index is -0.320. The fraction of sp³-hybridized carbons (Fsp3) is 0.304. The van der Waals surface area contributed by atoms with Crippen molar-refractivity contribution in [3.8, 4) is 0 Å². The summed E-state index contributed by atoms with van der Waals surface area (Å²) in [5, 5.41) is 6.10. The number of nitrogens with zero attached hydrogens (tertiary/aromatic N) is 4. The molecule has 1 fully saturated rings. The first kappa shape index (κ1) is 20.9. The third kappa shape index (κ3) is 5.82. The topological polar surface area (TPSA) is 83.0 Å². The van der Waals surface area contributed by atoms with Gasteiger partial charge in [0, 0.05) is 41.1 Å². The van der Waals surface area contributed by atoms with Gasteiger partial charge in [-0.3, -0.25) is 19.7 Å². The van der Waals surface area contributed by atoms with Gasteiger partial charge >= 0.3 is 0 Å². The van der Waals surface area contributed by atoms with Crippen molar-refractivity contribution in [2.75, 3.05) is 30.3 Å². The van der Waals surface area contributed by atoms with Gasteiger partial charge in [-0.25, -0.2) is 9.37 Å². The van der Waals surface area contributed by atoms with Crippen LogP contribution in [-0.2, 0) is 4.79 Å². The van der Waals surface area contributed by atoms with E-state index >= 15 is 0 Å². The van der Waals surface area contributed by atoms with Gasteiger partial charge in [-0.15, -0.1) is 0 Å². The van der Waals surface area contributed by atoms with E-state index in [0.29, 0.717) is 24.0 Å². The number of carbonyl (C=O) groups excluding carboxylic acids is 1. The molecule has 1 aliphatic heterocycles.